The van der Waals surface area contributed by atoms with Crippen molar-refractivity contribution in [1.82, 2.24) is 4.67 Å². The Labute approximate surface area is 191 Å². The maximum Gasteiger partial charge on any atom is 0.148 e. The van der Waals surface area contributed by atoms with Gasteiger partial charge in [0.15, 0.2) is 0 Å². The van der Waals surface area contributed by atoms with Crippen LogP contribution in [0.4, 0.5) is 0 Å². The minimum atomic E-state index is -0.925. The summed E-state index contributed by atoms with van der Waals surface area (Å²) >= 11 is 0. The summed E-state index contributed by atoms with van der Waals surface area (Å²) in [4.78, 5) is 0. The first-order valence-corrected chi connectivity index (χ1v) is 12.8. The largest absolute Gasteiger partial charge is 0.463 e. The molecular weight excluding hydrogens is 413 g/mol. The third-order valence-corrected chi connectivity index (χ3v) is 9.10. The van der Waals surface area contributed by atoms with Crippen molar-refractivity contribution in [2.75, 3.05) is 0 Å². The van der Waals surface area contributed by atoms with Crippen LogP contribution in [0.15, 0.2) is 106 Å². The maximum absolute atomic E-state index is 6.02. The van der Waals surface area contributed by atoms with E-state index in [4.69, 9.17) is 8.83 Å². The summed E-state index contributed by atoms with van der Waals surface area (Å²) < 4.78 is 14.7. The monoisotopic (exact) mass is 443 g/mol. The van der Waals surface area contributed by atoms with E-state index in [-0.39, 0.29) is 0 Å². The number of hydrogen-bond donors (Lipinski definition) is 0. The van der Waals surface area contributed by atoms with Crippen molar-refractivity contribution in [1.29, 1.82) is 0 Å². The van der Waals surface area contributed by atoms with E-state index >= 15 is 0 Å². The molecule has 0 unspecified atom stereocenters. The Bertz CT molecular complexity index is 995. The van der Waals surface area contributed by atoms with Gasteiger partial charge in [0.1, 0.15) is 19.1 Å². The second kappa shape index (κ2) is 9.48. The van der Waals surface area contributed by atoms with Gasteiger partial charge in [0.25, 0.3) is 0 Å². The Balaban J connectivity index is 1.65. The lowest BCUT2D eigenvalue weighted by atomic mass is 9.87. The molecule has 4 heteroatoms. The molecule has 2 atom stereocenters. The zero-order valence-electron chi connectivity index (χ0n) is 18.7. The average Bonchev–Trinajstić information content (AvgIpc) is 3.60. The Morgan fingerprint density at radius 2 is 1.16 bits per heavy atom. The van der Waals surface area contributed by atoms with Crippen molar-refractivity contribution < 1.29 is 8.83 Å². The molecule has 2 aromatic carbocycles. The van der Waals surface area contributed by atoms with Gasteiger partial charge in [0, 0.05) is 23.9 Å². The summed E-state index contributed by atoms with van der Waals surface area (Å²) in [5.41, 5.74) is 4.84. The van der Waals surface area contributed by atoms with Gasteiger partial charge in [-0.05, 0) is 62.1 Å². The quantitative estimate of drug-likeness (QED) is 0.299. The second-order valence-electron chi connectivity index (χ2n) is 8.79. The van der Waals surface area contributed by atoms with Crippen LogP contribution in [0.1, 0.15) is 49.7 Å². The summed E-state index contributed by atoms with van der Waals surface area (Å²) in [6.45, 7) is 4.62. The molecule has 164 valence electrons. The molecule has 2 aromatic heterocycles. The Hall–Kier alpha value is -2.61. The van der Waals surface area contributed by atoms with E-state index in [9.17, 15) is 0 Å². The predicted octanol–water partition coefficient (Wildman–Crippen LogP) is 6.66. The van der Waals surface area contributed by atoms with Crippen LogP contribution in [-0.4, -0.2) is 16.8 Å². The molecule has 1 aliphatic rings. The first-order valence-electron chi connectivity index (χ1n) is 11.5. The molecule has 1 aliphatic carbocycles. The molecule has 5 rings (SSSR count). The summed E-state index contributed by atoms with van der Waals surface area (Å²) in [7, 11) is -0.925. The third kappa shape index (κ3) is 4.08. The van der Waals surface area contributed by atoms with E-state index in [1.54, 1.807) is 12.5 Å². The fraction of sp³-hybridized carbons (Fsp3) is 0.286. The standard InChI is InChI=1S/C28H30NO2P/c1-21(2)29(32(26-15-9-19-30-26)27-16-10-20-31-27)28-24(22-11-5-3-6-12-22)17-18-25(28)23-13-7-4-8-14-23/h3-16,19-21,24-25,28H,17-18H2,1-2H3/t24-,25-/m1/s1. The summed E-state index contributed by atoms with van der Waals surface area (Å²) in [6, 6.07) is 31.0. The molecule has 0 radical (unpaired) electrons. The molecule has 0 aliphatic heterocycles. The molecule has 1 fully saturated rings. The van der Waals surface area contributed by atoms with Gasteiger partial charge in [-0.25, -0.2) is 0 Å². The van der Waals surface area contributed by atoms with Crippen LogP contribution in [0.5, 0.6) is 0 Å². The fourth-order valence-corrected chi connectivity index (χ4v) is 7.80. The zero-order valence-corrected chi connectivity index (χ0v) is 19.6. The molecule has 2 heterocycles. The van der Waals surface area contributed by atoms with E-state index < -0.39 is 8.07 Å². The van der Waals surface area contributed by atoms with Crippen molar-refractivity contribution >= 4 is 19.1 Å². The van der Waals surface area contributed by atoms with Gasteiger partial charge in [0.05, 0.1) is 12.5 Å². The Kier molecular flexibility index (Phi) is 6.30. The average molecular weight is 444 g/mol. The Morgan fingerprint density at radius 3 is 1.53 bits per heavy atom. The van der Waals surface area contributed by atoms with Crippen LogP contribution in [0.25, 0.3) is 0 Å². The molecule has 4 aromatic rings. The summed E-state index contributed by atoms with van der Waals surface area (Å²) in [6.07, 6.45) is 5.92. The maximum atomic E-state index is 6.02. The number of nitrogens with zero attached hydrogens (tertiary/aromatic N) is 1. The van der Waals surface area contributed by atoms with Crippen molar-refractivity contribution in [2.24, 2.45) is 0 Å². The lowest BCUT2D eigenvalue weighted by Crippen LogP contribution is -2.44. The molecule has 0 bridgehead atoms. The van der Waals surface area contributed by atoms with Crippen LogP contribution < -0.4 is 11.0 Å². The summed E-state index contributed by atoms with van der Waals surface area (Å²) in [5, 5.41) is 0. The minimum Gasteiger partial charge on any atom is -0.463 e. The van der Waals surface area contributed by atoms with Crippen LogP contribution in [-0.2, 0) is 0 Å². The SMILES string of the molecule is CC(C)N(C1[C@@H](c2ccccc2)CC[C@@H]1c1ccccc1)P(c1ccco1)c1ccco1. The third-order valence-electron chi connectivity index (χ3n) is 6.56. The summed E-state index contributed by atoms with van der Waals surface area (Å²) in [5.74, 6) is 0.914. The van der Waals surface area contributed by atoms with Gasteiger partial charge in [-0.2, -0.15) is 0 Å². The van der Waals surface area contributed by atoms with Gasteiger partial charge >= 0.3 is 0 Å². The van der Waals surface area contributed by atoms with E-state index in [0.717, 1.165) is 11.0 Å². The molecule has 0 spiro atoms. The van der Waals surface area contributed by atoms with Crippen LogP contribution in [0, 0.1) is 0 Å². The number of hydrogen-bond acceptors (Lipinski definition) is 3. The topological polar surface area (TPSA) is 29.5 Å². The number of furan rings is 2. The van der Waals surface area contributed by atoms with Crippen molar-refractivity contribution in [3.8, 4) is 0 Å². The van der Waals surface area contributed by atoms with Gasteiger partial charge in [-0.3, -0.25) is 4.67 Å². The molecule has 0 N–H and O–H groups in total. The van der Waals surface area contributed by atoms with Gasteiger partial charge in [-0.1, -0.05) is 60.7 Å². The Morgan fingerprint density at radius 1 is 0.688 bits per heavy atom. The van der Waals surface area contributed by atoms with Crippen molar-refractivity contribution in [2.45, 2.75) is 50.6 Å². The molecule has 3 nitrogen and oxygen atoms in total. The van der Waals surface area contributed by atoms with Crippen LogP contribution in [0.3, 0.4) is 0 Å². The van der Waals surface area contributed by atoms with E-state index in [0.29, 0.717) is 23.9 Å². The number of benzene rings is 2. The van der Waals surface area contributed by atoms with E-state index in [1.807, 2.05) is 12.1 Å². The van der Waals surface area contributed by atoms with Gasteiger partial charge in [0.2, 0.25) is 0 Å². The normalized spacial score (nSPS) is 19.4. The lowest BCUT2D eigenvalue weighted by Gasteiger charge is -2.43. The molecule has 0 saturated heterocycles. The van der Waals surface area contributed by atoms with Gasteiger partial charge in [-0.15, -0.1) is 0 Å². The molecule has 1 saturated carbocycles. The van der Waals surface area contributed by atoms with Crippen LogP contribution in [0.2, 0.25) is 0 Å². The first-order chi connectivity index (χ1) is 15.7. The van der Waals surface area contributed by atoms with Crippen molar-refractivity contribution in [3.63, 3.8) is 0 Å². The van der Waals surface area contributed by atoms with E-state index in [2.05, 4.69) is 91.3 Å². The first kappa shape index (κ1) is 21.2. The highest BCUT2D eigenvalue weighted by Gasteiger charge is 2.46. The van der Waals surface area contributed by atoms with E-state index in [1.165, 1.54) is 24.0 Å². The predicted molar refractivity (Wildman–Crippen MR) is 132 cm³/mol. The fourth-order valence-electron chi connectivity index (χ4n) is 5.30. The molecule has 0 amide bonds. The smallest absolute Gasteiger partial charge is 0.148 e. The molecular formula is C28H30NO2P. The second-order valence-corrected chi connectivity index (χ2v) is 10.8. The van der Waals surface area contributed by atoms with Gasteiger partial charge < -0.3 is 8.83 Å². The minimum absolute atomic E-state index is 0.330. The van der Waals surface area contributed by atoms with Crippen LogP contribution >= 0.6 is 8.07 Å². The van der Waals surface area contributed by atoms with Crippen molar-refractivity contribution in [3.05, 3.63) is 109 Å². The lowest BCUT2D eigenvalue weighted by molar-refractivity contribution is 0.255. The highest BCUT2D eigenvalue weighted by molar-refractivity contribution is 7.70. The highest BCUT2D eigenvalue weighted by Crippen LogP contribution is 2.54. The number of rotatable bonds is 7. The molecule has 32 heavy (non-hydrogen) atoms. The zero-order chi connectivity index (χ0) is 21.9. The highest BCUT2D eigenvalue weighted by atomic mass is 31.1.